The van der Waals surface area contributed by atoms with Gasteiger partial charge in [-0.3, -0.25) is 9.48 Å². The summed E-state index contributed by atoms with van der Waals surface area (Å²) < 4.78 is 3.54. The van der Waals surface area contributed by atoms with Crippen LogP contribution in [0.3, 0.4) is 0 Å². The van der Waals surface area contributed by atoms with Gasteiger partial charge < -0.3 is 15.0 Å². The van der Waals surface area contributed by atoms with Crippen molar-refractivity contribution < 1.29 is 5.11 Å². The number of aryl methyl sites for hydroxylation is 2. The van der Waals surface area contributed by atoms with E-state index in [-0.39, 0.29) is 17.4 Å². The van der Waals surface area contributed by atoms with Crippen LogP contribution >= 0.6 is 0 Å². The Labute approximate surface area is 179 Å². The van der Waals surface area contributed by atoms with Crippen molar-refractivity contribution in [2.45, 2.75) is 51.7 Å². The number of phenolic OH excluding ortho intramolecular Hbond substituents is 1. The molecule has 0 spiro atoms. The van der Waals surface area contributed by atoms with E-state index in [0.717, 1.165) is 23.7 Å². The summed E-state index contributed by atoms with van der Waals surface area (Å²) in [5.41, 5.74) is 2.47. The number of rotatable bonds is 2. The average Bonchev–Trinajstić information content (AvgIpc) is 3.10. The molecule has 0 unspecified atom stereocenters. The van der Waals surface area contributed by atoms with Gasteiger partial charge in [-0.1, -0.05) is 0 Å². The average molecular weight is 419 g/mol. The Morgan fingerprint density at radius 3 is 2.71 bits per heavy atom. The first-order valence-corrected chi connectivity index (χ1v) is 10.6. The van der Waals surface area contributed by atoms with Gasteiger partial charge in [0.05, 0.1) is 22.0 Å². The highest BCUT2D eigenvalue weighted by molar-refractivity contribution is 5.90. The van der Waals surface area contributed by atoms with E-state index >= 15 is 0 Å². The molecule has 1 aromatic carbocycles. The highest BCUT2D eigenvalue weighted by Crippen LogP contribution is 2.35. The zero-order chi connectivity index (χ0) is 21.9. The SMILES string of the molecule is Cc1c(O)c(-c2ncc3c(=O)n([C@H]4C[C@@H](C)N[C@@H](C)C4)ccc3n2)cc2cn(C)nc12. The van der Waals surface area contributed by atoms with Crippen molar-refractivity contribution in [1.82, 2.24) is 29.6 Å². The Morgan fingerprint density at radius 2 is 1.97 bits per heavy atom. The van der Waals surface area contributed by atoms with Gasteiger partial charge >= 0.3 is 0 Å². The van der Waals surface area contributed by atoms with E-state index in [9.17, 15) is 9.90 Å². The minimum absolute atomic E-state index is 0.0709. The summed E-state index contributed by atoms with van der Waals surface area (Å²) in [7, 11) is 1.84. The van der Waals surface area contributed by atoms with E-state index in [1.807, 2.05) is 43.1 Å². The number of aromatic hydroxyl groups is 1. The molecule has 2 N–H and O–H groups in total. The van der Waals surface area contributed by atoms with Crippen LogP contribution in [0.2, 0.25) is 0 Å². The third-order valence-electron chi connectivity index (χ3n) is 6.25. The molecule has 0 bridgehead atoms. The molecule has 1 aliphatic heterocycles. The topological polar surface area (TPSA) is 97.9 Å². The van der Waals surface area contributed by atoms with Gasteiger partial charge in [-0.05, 0) is 45.7 Å². The molecule has 8 heteroatoms. The molecule has 3 atom stereocenters. The predicted molar refractivity (Wildman–Crippen MR) is 120 cm³/mol. The van der Waals surface area contributed by atoms with E-state index in [1.54, 1.807) is 10.9 Å². The normalized spacial score (nSPS) is 21.7. The molecule has 3 aromatic heterocycles. The molecule has 5 rings (SSSR count). The summed E-state index contributed by atoms with van der Waals surface area (Å²) in [6, 6.07) is 4.59. The van der Waals surface area contributed by atoms with Gasteiger partial charge in [0.1, 0.15) is 5.75 Å². The van der Waals surface area contributed by atoms with Crippen molar-refractivity contribution in [1.29, 1.82) is 0 Å². The van der Waals surface area contributed by atoms with Gasteiger partial charge in [0, 0.05) is 54.7 Å². The number of piperidine rings is 1. The third-order valence-corrected chi connectivity index (χ3v) is 6.25. The lowest BCUT2D eigenvalue weighted by Gasteiger charge is -2.34. The molecule has 4 heterocycles. The fourth-order valence-corrected chi connectivity index (χ4v) is 4.84. The van der Waals surface area contributed by atoms with E-state index in [2.05, 4.69) is 34.2 Å². The Morgan fingerprint density at radius 1 is 1.23 bits per heavy atom. The molecule has 0 radical (unpaired) electrons. The Kier molecular flexibility index (Phi) is 4.55. The quantitative estimate of drug-likeness (QED) is 0.519. The van der Waals surface area contributed by atoms with Crippen LogP contribution in [0.5, 0.6) is 5.75 Å². The second-order valence-electron chi connectivity index (χ2n) is 8.75. The fraction of sp³-hybridized carbons (Fsp3) is 0.391. The zero-order valence-corrected chi connectivity index (χ0v) is 18.1. The van der Waals surface area contributed by atoms with Crippen molar-refractivity contribution in [3.05, 3.63) is 46.6 Å². The van der Waals surface area contributed by atoms with Crippen LogP contribution in [0.4, 0.5) is 0 Å². The largest absolute Gasteiger partial charge is 0.507 e. The predicted octanol–water partition coefficient (Wildman–Crippen LogP) is 3.06. The van der Waals surface area contributed by atoms with Gasteiger partial charge in [-0.25, -0.2) is 9.97 Å². The molecule has 160 valence electrons. The highest BCUT2D eigenvalue weighted by Gasteiger charge is 2.25. The summed E-state index contributed by atoms with van der Waals surface area (Å²) in [5.74, 6) is 0.497. The lowest BCUT2D eigenvalue weighted by molar-refractivity contribution is 0.260. The minimum atomic E-state index is -0.0709. The van der Waals surface area contributed by atoms with Crippen molar-refractivity contribution in [2.24, 2.45) is 7.05 Å². The number of aromatic nitrogens is 5. The molecule has 31 heavy (non-hydrogen) atoms. The number of hydrogen-bond donors (Lipinski definition) is 2. The zero-order valence-electron chi connectivity index (χ0n) is 18.1. The molecular formula is C23H26N6O2. The number of phenols is 1. The molecule has 1 fully saturated rings. The van der Waals surface area contributed by atoms with Crippen molar-refractivity contribution in [2.75, 3.05) is 0 Å². The molecular weight excluding hydrogens is 392 g/mol. The van der Waals surface area contributed by atoms with Crippen LogP contribution in [0.15, 0.2) is 35.5 Å². The molecule has 4 aromatic rings. The monoisotopic (exact) mass is 418 g/mol. The molecule has 0 saturated carbocycles. The highest BCUT2D eigenvalue weighted by atomic mass is 16.3. The van der Waals surface area contributed by atoms with Gasteiger partial charge in [-0.15, -0.1) is 0 Å². The number of hydrogen-bond acceptors (Lipinski definition) is 6. The summed E-state index contributed by atoms with van der Waals surface area (Å²) in [6.07, 6.45) is 7.13. The minimum Gasteiger partial charge on any atom is -0.507 e. The summed E-state index contributed by atoms with van der Waals surface area (Å²) in [6.45, 7) is 6.13. The van der Waals surface area contributed by atoms with Crippen LogP contribution in [0.1, 0.15) is 38.3 Å². The number of fused-ring (bicyclic) bond motifs is 2. The first-order chi connectivity index (χ1) is 14.8. The molecule has 0 amide bonds. The number of benzene rings is 1. The fourth-order valence-electron chi connectivity index (χ4n) is 4.84. The Bertz CT molecular complexity index is 1360. The van der Waals surface area contributed by atoms with Crippen molar-refractivity contribution in [3.63, 3.8) is 0 Å². The first kappa shape index (κ1) is 19.7. The van der Waals surface area contributed by atoms with Crippen LogP contribution in [-0.4, -0.2) is 41.5 Å². The van der Waals surface area contributed by atoms with Crippen molar-refractivity contribution >= 4 is 21.8 Å². The number of nitrogens with one attached hydrogen (secondary N) is 1. The standard InChI is InChI=1S/C23H26N6O2/c1-12-7-16(8-13(2)25-12)29-6-5-19-18(23(29)31)10-24-22(26-19)17-9-15-11-28(4)27-20(15)14(3)21(17)30/h5-6,9-13,16,25,30H,7-8H2,1-4H3/t12-,13+,16+. The third kappa shape index (κ3) is 3.27. The summed E-state index contributed by atoms with van der Waals surface area (Å²) >= 11 is 0. The van der Waals surface area contributed by atoms with E-state index in [4.69, 9.17) is 0 Å². The van der Waals surface area contributed by atoms with Crippen LogP contribution in [-0.2, 0) is 7.05 Å². The molecule has 1 saturated heterocycles. The second kappa shape index (κ2) is 7.16. The van der Waals surface area contributed by atoms with E-state index < -0.39 is 0 Å². The van der Waals surface area contributed by atoms with Crippen molar-refractivity contribution in [3.8, 4) is 17.1 Å². The Hall–Kier alpha value is -3.26. The maximum absolute atomic E-state index is 13.2. The van der Waals surface area contributed by atoms with Gasteiger partial charge in [0.25, 0.3) is 5.56 Å². The lowest BCUT2D eigenvalue weighted by Crippen LogP contribution is -2.44. The maximum atomic E-state index is 13.2. The molecule has 1 aliphatic rings. The first-order valence-electron chi connectivity index (χ1n) is 10.6. The smallest absolute Gasteiger partial charge is 0.261 e. The Balaban J connectivity index is 1.60. The van der Waals surface area contributed by atoms with Crippen LogP contribution < -0.4 is 10.9 Å². The molecule has 8 nitrogen and oxygen atoms in total. The van der Waals surface area contributed by atoms with Gasteiger partial charge in [0.15, 0.2) is 5.82 Å². The maximum Gasteiger partial charge on any atom is 0.261 e. The second-order valence-corrected chi connectivity index (χ2v) is 8.75. The lowest BCUT2D eigenvalue weighted by atomic mass is 9.95. The molecule has 0 aliphatic carbocycles. The summed E-state index contributed by atoms with van der Waals surface area (Å²) in [4.78, 5) is 22.2. The van der Waals surface area contributed by atoms with Crippen LogP contribution in [0.25, 0.3) is 33.2 Å². The van der Waals surface area contributed by atoms with E-state index in [0.29, 0.717) is 39.9 Å². The number of nitrogens with zero attached hydrogens (tertiary/aromatic N) is 5. The van der Waals surface area contributed by atoms with Gasteiger partial charge in [-0.2, -0.15) is 5.10 Å². The summed E-state index contributed by atoms with van der Waals surface area (Å²) in [5, 5.41) is 20.1. The van der Waals surface area contributed by atoms with E-state index in [1.165, 1.54) is 0 Å². The van der Waals surface area contributed by atoms with Gasteiger partial charge in [0.2, 0.25) is 0 Å². The number of pyridine rings is 1. The van der Waals surface area contributed by atoms with Crippen LogP contribution in [0, 0.1) is 6.92 Å².